The number of nitrogens with one attached hydrogen (secondary N) is 2. The van der Waals surface area contributed by atoms with Crippen LogP contribution in [0.15, 0.2) is 36.9 Å². The molecule has 0 unspecified atom stereocenters. The van der Waals surface area contributed by atoms with Crippen molar-refractivity contribution in [2.45, 2.75) is 6.54 Å². The Kier molecular flexibility index (Phi) is 5.82. The fourth-order valence-corrected chi connectivity index (χ4v) is 1.31. The zero-order valence-electron chi connectivity index (χ0n) is 10.0. The number of hydrogen-bond donors (Lipinski definition) is 2. The van der Waals surface area contributed by atoms with Gasteiger partial charge in [0, 0.05) is 13.1 Å². The van der Waals surface area contributed by atoms with Crippen LogP contribution in [0, 0.1) is 0 Å². The van der Waals surface area contributed by atoms with Crippen molar-refractivity contribution in [3.8, 4) is 5.75 Å². The SMILES string of the molecule is C=CCNC(=O)CNCc1ccc(OC)cc1. The molecule has 4 nitrogen and oxygen atoms in total. The Balaban J connectivity index is 2.25. The van der Waals surface area contributed by atoms with Crippen LogP contribution in [-0.4, -0.2) is 26.1 Å². The Morgan fingerprint density at radius 1 is 1.41 bits per heavy atom. The molecule has 0 fully saturated rings. The first-order valence-corrected chi connectivity index (χ1v) is 5.47. The molecule has 1 aromatic rings. The normalized spacial score (nSPS) is 9.71. The topological polar surface area (TPSA) is 50.4 Å². The first kappa shape index (κ1) is 13.3. The van der Waals surface area contributed by atoms with Crippen LogP contribution in [0.1, 0.15) is 5.56 Å². The van der Waals surface area contributed by atoms with E-state index in [1.54, 1.807) is 13.2 Å². The van der Waals surface area contributed by atoms with Crippen molar-refractivity contribution in [2.75, 3.05) is 20.2 Å². The summed E-state index contributed by atoms with van der Waals surface area (Å²) in [5.41, 5.74) is 1.11. The number of methoxy groups -OCH3 is 1. The van der Waals surface area contributed by atoms with Crippen molar-refractivity contribution in [3.63, 3.8) is 0 Å². The molecule has 17 heavy (non-hydrogen) atoms. The van der Waals surface area contributed by atoms with E-state index in [9.17, 15) is 4.79 Å². The highest BCUT2D eigenvalue weighted by atomic mass is 16.5. The van der Waals surface area contributed by atoms with Crippen LogP contribution < -0.4 is 15.4 Å². The molecular weight excluding hydrogens is 216 g/mol. The fraction of sp³-hybridized carbons (Fsp3) is 0.308. The van der Waals surface area contributed by atoms with Crippen LogP contribution >= 0.6 is 0 Å². The van der Waals surface area contributed by atoms with Gasteiger partial charge in [0.2, 0.25) is 5.91 Å². The standard InChI is InChI=1S/C13H18N2O2/c1-3-8-15-13(16)10-14-9-11-4-6-12(17-2)7-5-11/h3-7,14H,1,8-10H2,2H3,(H,15,16). The third kappa shape index (κ3) is 5.17. The van der Waals surface area contributed by atoms with E-state index in [0.717, 1.165) is 11.3 Å². The van der Waals surface area contributed by atoms with E-state index in [-0.39, 0.29) is 5.91 Å². The molecule has 0 bridgehead atoms. The number of carbonyl (C=O) groups is 1. The summed E-state index contributed by atoms with van der Waals surface area (Å²) in [6, 6.07) is 7.73. The monoisotopic (exact) mass is 234 g/mol. The van der Waals surface area contributed by atoms with Crippen molar-refractivity contribution >= 4 is 5.91 Å². The molecule has 2 N–H and O–H groups in total. The van der Waals surface area contributed by atoms with E-state index in [2.05, 4.69) is 17.2 Å². The molecule has 1 aromatic carbocycles. The molecule has 0 radical (unpaired) electrons. The molecule has 1 rings (SSSR count). The van der Waals surface area contributed by atoms with Gasteiger partial charge < -0.3 is 15.4 Å². The molecule has 0 aliphatic heterocycles. The maximum Gasteiger partial charge on any atom is 0.234 e. The van der Waals surface area contributed by atoms with Crippen LogP contribution in [0.3, 0.4) is 0 Å². The first-order chi connectivity index (χ1) is 8.26. The summed E-state index contributed by atoms with van der Waals surface area (Å²) in [4.78, 5) is 11.3. The minimum atomic E-state index is -0.0292. The highest BCUT2D eigenvalue weighted by molar-refractivity contribution is 5.78. The predicted molar refractivity (Wildman–Crippen MR) is 67.9 cm³/mol. The summed E-state index contributed by atoms with van der Waals surface area (Å²) in [6.07, 6.45) is 1.65. The van der Waals surface area contributed by atoms with Crippen molar-refractivity contribution in [1.82, 2.24) is 10.6 Å². The minimum Gasteiger partial charge on any atom is -0.497 e. The first-order valence-electron chi connectivity index (χ1n) is 5.47. The second kappa shape index (κ2) is 7.46. The van der Waals surface area contributed by atoms with Crippen LogP contribution in [0.25, 0.3) is 0 Å². The van der Waals surface area contributed by atoms with E-state index in [1.807, 2.05) is 24.3 Å². The summed E-state index contributed by atoms with van der Waals surface area (Å²) in [7, 11) is 1.64. The number of benzene rings is 1. The molecule has 0 aliphatic carbocycles. The quantitative estimate of drug-likeness (QED) is 0.694. The van der Waals surface area contributed by atoms with E-state index in [1.165, 1.54) is 0 Å². The van der Waals surface area contributed by atoms with Crippen LogP contribution in [0.2, 0.25) is 0 Å². The summed E-state index contributed by atoms with van der Waals surface area (Å²) >= 11 is 0. The zero-order valence-corrected chi connectivity index (χ0v) is 10.0. The van der Waals surface area contributed by atoms with Crippen molar-refractivity contribution < 1.29 is 9.53 Å². The van der Waals surface area contributed by atoms with Crippen molar-refractivity contribution in [2.24, 2.45) is 0 Å². The lowest BCUT2D eigenvalue weighted by atomic mass is 10.2. The van der Waals surface area contributed by atoms with Gasteiger partial charge in [0.15, 0.2) is 0 Å². The van der Waals surface area contributed by atoms with Crippen LogP contribution in [0.4, 0.5) is 0 Å². The molecule has 0 saturated carbocycles. The van der Waals surface area contributed by atoms with Gasteiger partial charge in [-0.15, -0.1) is 6.58 Å². The largest absolute Gasteiger partial charge is 0.497 e. The molecule has 4 heteroatoms. The van der Waals surface area contributed by atoms with Crippen LogP contribution in [-0.2, 0) is 11.3 Å². The Labute approximate surface area is 102 Å². The fourth-order valence-electron chi connectivity index (χ4n) is 1.31. The van der Waals surface area contributed by atoms with Crippen molar-refractivity contribution in [3.05, 3.63) is 42.5 Å². The minimum absolute atomic E-state index is 0.0292. The smallest absolute Gasteiger partial charge is 0.234 e. The Morgan fingerprint density at radius 2 is 2.12 bits per heavy atom. The molecule has 0 heterocycles. The summed E-state index contributed by atoms with van der Waals surface area (Å²) in [5.74, 6) is 0.802. The number of rotatable bonds is 7. The Morgan fingerprint density at radius 3 is 2.71 bits per heavy atom. The summed E-state index contributed by atoms with van der Waals surface area (Å²) in [5, 5.41) is 5.76. The number of ether oxygens (including phenoxy) is 1. The highest BCUT2D eigenvalue weighted by Gasteiger charge is 1.99. The van der Waals surface area contributed by atoms with Gasteiger partial charge in [0.1, 0.15) is 5.75 Å². The Bertz CT molecular complexity index is 360. The number of hydrogen-bond acceptors (Lipinski definition) is 3. The van der Waals surface area contributed by atoms with Gasteiger partial charge in [-0.3, -0.25) is 4.79 Å². The van der Waals surface area contributed by atoms with Crippen molar-refractivity contribution in [1.29, 1.82) is 0 Å². The van der Waals surface area contributed by atoms with Gasteiger partial charge in [-0.05, 0) is 17.7 Å². The number of carbonyl (C=O) groups excluding carboxylic acids is 1. The molecule has 0 aromatic heterocycles. The Hall–Kier alpha value is -1.81. The lowest BCUT2D eigenvalue weighted by molar-refractivity contribution is -0.120. The molecule has 0 aliphatic rings. The second-order valence-electron chi connectivity index (χ2n) is 3.54. The predicted octanol–water partition coefficient (Wildman–Crippen LogP) is 1.09. The van der Waals surface area contributed by atoms with E-state index < -0.39 is 0 Å². The highest BCUT2D eigenvalue weighted by Crippen LogP contribution is 2.10. The van der Waals surface area contributed by atoms with E-state index in [0.29, 0.717) is 19.6 Å². The van der Waals surface area contributed by atoms with Gasteiger partial charge in [-0.25, -0.2) is 0 Å². The third-order valence-electron chi connectivity index (χ3n) is 2.22. The molecule has 92 valence electrons. The van der Waals surface area contributed by atoms with E-state index in [4.69, 9.17) is 4.74 Å². The molecule has 1 amide bonds. The van der Waals surface area contributed by atoms with E-state index >= 15 is 0 Å². The van der Waals surface area contributed by atoms with Gasteiger partial charge in [0.05, 0.1) is 13.7 Å². The average Bonchev–Trinajstić information content (AvgIpc) is 2.37. The molecule has 0 spiro atoms. The van der Waals surface area contributed by atoms with Crippen LogP contribution in [0.5, 0.6) is 5.75 Å². The third-order valence-corrected chi connectivity index (χ3v) is 2.22. The lowest BCUT2D eigenvalue weighted by Gasteiger charge is -2.06. The van der Waals surface area contributed by atoms with Gasteiger partial charge in [-0.2, -0.15) is 0 Å². The number of amides is 1. The summed E-state index contributed by atoms with van der Waals surface area (Å²) < 4.78 is 5.06. The maximum atomic E-state index is 11.3. The lowest BCUT2D eigenvalue weighted by Crippen LogP contribution is -2.33. The summed E-state index contributed by atoms with van der Waals surface area (Å²) in [6.45, 7) is 5.00. The average molecular weight is 234 g/mol. The van der Waals surface area contributed by atoms with Gasteiger partial charge in [0.25, 0.3) is 0 Å². The molecular formula is C13H18N2O2. The van der Waals surface area contributed by atoms with Gasteiger partial charge >= 0.3 is 0 Å². The second-order valence-corrected chi connectivity index (χ2v) is 3.54. The zero-order chi connectivity index (χ0) is 12.5. The molecule has 0 saturated heterocycles. The maximum absolute atomic E-state index is 11.3. The molecule has 0 atom stereocenters. The van der Waals surface area contributed by atoms with Gasteiger partial charge in [-0.1, -0.05) is 18.2 Å².